The van der Waals surface area contributed by atoms with E-state index in [1.54, 1.807) is 0 Å². The van der Waals surface area contributed by atoms with Crippen molar-refractivity contribution in [2.45, 2.75) is 38.1 Å². The Kier molecular flexibility index (Phi) is 4.34. The normalized spacial score (nSPS) is 25.4. The van der Waals surface area contributed by atoms with E-state index in [0.29, 0.717) is 0 Å². The van der Waals surface area contributed by atoms with Gasteiger partial charge in [0.05, 0.1) is 0 Å². The predicted octanol–water partition coefficient (Wildman–Crippen LogP) is 2.75. The average Bonchev–Trinajstić information content (AvgIpc) is 3.09. The summed E-state index contributed by atoms with van der Waals surface area (Å²) in [7, 11) is 0. The van der Waals surface area contributed by atoms with Gasteiger partial charge in [0.2, 0.25) is 0 Å². The molecule has 1 saturated carbocycles. The molecule has 0 spiro atoms. The fourth-order valence-electron chi connectivity index (χ4n) is 2.86. The van der Waals surface area contributed by atoms with Crippen molar-refractivity contribution < 1.29 is 0 Å². The summed E-state index contributed by atoms with van der Waals surface area (Å²) < 4.78 is 0. The summed E-state index contributed by atoms with van der Waals surface area (Å²) in [5.74, 6) is 0.891. The van der Waals surface area contributed by atoms with Crippen molar-refractivity contribution in [1.29, 1.82) is 0 Å². The van der Waals surface area contributed by atoms with Crippen LogP contribution in [0.1, 0.15) is 30.6 Å². The van der Waals surface area contributed by atoms with Crippen molar-refractivity contribution in [3.05, 3.63) is 22.4 Å². The molecular formula is C15H24N2S. The number of nitrogens with zero attached hydrogens (tertiary/aromatic N) is 1. The van der Waals surface area contributed by atoms with Gasteiger partial charge in [-0.1, -0.05) is 6.07 Å². The van der Waals surface area contributed by atoms with Gasteiger partial charge >= 0.3 is 0 Å². The highest BCUT2D eigenvalue weighted by molar-refractivity contribution is 7.09. The molecule has 18 heavy (non-hydrogen) atoms. The third-order valence-electron chi connectivity index (χ3n) is 4.13. The van der Waals surface area contributed by atoms with Crippen molar-refractivity contribution in [3.63, 3.8) is 0 Å². The summed E-state index contributed by atoms with van der Waals surface area (Å²) in [6.07, 6.45) is 6.88. The van der Waals surface area contributed by atoms with Crippen LogP contribution in [0, 0.1) is 5.92 Å². The van der Waals surface area contributed by atoms with Crippen molar-refractivity contribution in [3.8, 4) is 0 Å². The van der Waals surface area contributed by atoms with Gasteiger partial charge in [-0.2, -0.15) is 0 Å². The molecule has 1 saturated heterocycles. The van der Waals surface area contributed by atoms with Crippen molar-refractivity contribution >= 4 is 11.3 Å². The minimum absolute atomic E-state index is 0.867. The molecule has 2 heterocycles. The molecule has 2 nitrogen and oxygen atoms in total. The highest BCUT2D eigenvalue weighted by atomic mass is 32.1. The predicted molar refractivity (Wildman–Crippen MR) is 78.2 cm³/mol. The van der Waals surface area contributed by atoms with Crippen LogP contribution in [-0.4, -0.2) is 37.1 Å². The Morgan fingerprint density at radius 3 is 3.06 bits per heavy atom. The Morgan fingerprint density at radius 2 is 2.28 bits per heavy atom. The van der Waals surface area contributed by atoms with Crippen molar-refractivity contribution in [1.82, 2.24) is 10.2 Å². The maximum Gasteiger partial charge on any atom is 0.00683 e. The molecule has 1 aliphatic carbocycles. The van der Waals surface area contributed by atoms with Gasteiger partial charge in [-0.15, -0.1) is 11.3 Å². The SMILES string of the molecule is c1csc(CCN2CCCC(CNC3CC3)C2)c1. The first-order valence-corrected chi connectivity index (χ1v) is 8.26. The van der Waals surface area contributed by atoms with E-state index in [4.69, 9.17) is 0 Å². The van der Waals surface area contributed by atoms with Crippen LogP contribution in [0.4, 0.5) is 0 Å². The topological polar surface area (TPSA) is 15.3 Å². The summed E-state index contributed by atoms with van der Waals surface area (Å²) in [5, 5.41) is 5.88. The first-order chi connectivity index (χ1) is 8.90. The number of hydrogen-bond acceptors (Lipinski definition) is 3. The fourth-order valence-corrected chi connectivity index (χ4v) is 3.56. The third-order valence-corrected chi connectivity index (χ3v) is 5.07. The number of thiophene rings is 1. The van der Waals surface area contributed by atoms with Crippen molar-refractivity contribution in [2.75, 3.05) is 26.2 Å². The second-order valence-electron chi connectivity index (χ2n) is 5.82. The summed E-state index contributed by atoms with van der Waals surface area (Å²) in [4.78, 5) is 4.20. The molecule has 1 aromatic heterocycles. The van der Waals surface area contributed by atoms with Gasteiger partial charge in [-0.25, -0.2) is 0 Å². The largest absolute Gasteiger partial charge is 0.314 e. The van der Waals surface area contributed by atoms with Gasteiger partial charge in [0, 0.05) is 24.0 Å². The average molecular weight is 264 g/mol. The van der Waals surface area contributed by atoms with E-state index in [0.717, 1.165) is 12.0 Å². The lowest BCUT2D eigenvalue weighted by molar-refractivity contribution is 0.174. The fraction of sp³-hybridized carbons (Fsp3) is 0.733. The Hall–Kier alpha value is -0.380. The van der Waals surface area contributed by atoms with E-state index in [1.165, 1.54) is 63.2 Å². The summed E-state index contributed by atoms with van der Waals surface area (Å²) >= 11 is 1.90. The van der Waals surface area contributed by atoms with Gasteiger partial charge in [-0.05, 0) is 62.6 Å². The monoisotopic (exact) mass is 264 g/mol. The molecule has 1 aliphatic heterocycles. The maximum absolute atomic E-state index is 3.69. The minimum Gasteiger partial charge on any atom is -0.314 e. The van der Waals surface area contributed by atoms with Crippen LogP contribution < -0.4 is 5.32 Å². The quantitative estimate of drug-likeness (QED) is 0.850. The number of nitrogens with one attached hydrogen (secondary N) is 1. The summed E-state index contributed by atoms with van der Waals surface area (Å²) in [6, 6.07) is 5.30. The molecule has 1 N–H and O–H groups in total. The van der Waals surface area contributed by atoms with Crippen LogP contribution in [0.25, 0.3) is 0 Å². The lowest BCUT2D eigenvalue weighted by Gasteiger charge is -2.32. The zero-order valence-electron chi connectivity index (χ0n) is 11.1. The molecule has 0 radical (unpaired) electrons. The summed E-state index contributed by atoms with van der Waals surface area (Å²) in [5.41, 5.74) is 0. The molecule has 0 amide bonds. The Balaban J connectivity index is 1.38. The van der Waals surface area contributed by atoms with Crippen LogP contribution >= 0.6 is 11.3 Å². The molecule has 1 atom stereocenters. The lowest BCUT2D eigenvalue weighted by Crippen LogP contribution is -2.40. The Morgan fingerprint density at radius 1 is 1.33 bits per heavy atom. The van der Waals surface area contributed by atoms with Gasteiger partial charge in [0.25, 0.3) is 0 Å². The Labute approximate surface area is 114 Å². The van der Waals surface area contributed by atoms with E-state index < -0.39 is 0 Å². The molecule has 1 unspecified atom stereocenters. The lowest BCUT2D eigenvalue weighted by atomic mass is 9.98. The van der Waals surface area contributed by atoms with Crippen LogP contribution in [0.3, 0.4) is 0 Å². The smallest absolute Gasteiger partial charge is 0.00683 e. The number of likely N-dealkylation sites (tertiary alicyclic amines) is 1. The standard InChI is InChI=1S/C15H24N2S/c1-3-13(11-16-14-5-6-14)12-17(8-1)9-7-15-4-2-10-18-15/h2,4,10,13-14,16H,1,3,5-9,11-12H2. The van der Waals surface area contributed by atoms with E-state index in [1.807, 2.05) is 11.3 Å². The van der Waals surface area contributed by atoms with Gasteiger partial charge in [0.15, 0.2) is 0 Å². The van der Waals surface area contributed by atoms with Gasteiger partial charge < -0.3 is 10.2 Å². The number of rotatable bonds is 6. The molecular weight excluding hydrogens is 240 g/mol. The second kappa shape index (κ2) is 6.18. The molecule has 3 heteroatoms. The van der Waals surface area contributed by atoms with E-state index in [9.17, 15) is 0 Å². The molecule has 1 aromatic rings. The minimum atomic E-state index is 0.867. The molecule has 2 fully saturated rings. The third kappa shape index (κ3) is 3.81. The van der Waals surface area contributed by atoms with Gasteiger partial charge in [-0.3, -0.25) is 0 Å². The maximum atomic E-state index is 3.69. The first-order valence-electron chi connectivity index (χ1n) is 7.38. The highest BCUT2D eigenvalue weighted by Crippen LogP contribution is 2.21. The highest BCUT2D eigenvalue weighted by Gasteiger charge is 2.24. The number of piperidine rings is 1. The zero-order valence-corrected chi connectivity index (χ0v) is 11.9. The first kappa shape index (κ1) is 12.6. The van der Waals surface area contributed by atoms with E-state index in [-0.39, 0.29) is 0 Å². The van der Waals surface area contributed by atoms with Gasteiger partial charge in [0.1, 0.15) is 0 Å². The molecule has 100 valence electrons. The molecule has 3 rings (SSSR count). The van der Waals surface area contributed by atoms with Crippen LogP contribution in [0.5, 0.6) is 0 Å². The molecule has 2 aliphatic rings. The van der Waals surface area contributed by atoms with Crippen LogP contribution in [0.15, 0.2) is 17.5 Å². The van der Waals surface area contributed by atoms with Crippen molar-refractivity contribution in [2.24, 2.45) is 5.92 Å². The number of hydrogen-bond donors (Lipinski definition) is 1. The van der Waals surface area contributed by atoms with E-state index >= 15 is 0 Å². The zero-order chi connectivity index (χ0) is 12.2. The Bertz CT molecular complexity index is 345. The summed E-state index contributed by atoms with van der Waals surface area (Å²) in [6.45, 7) is 5.12. The molecule has 0 aromatic carbocycles. The molecule has 0 bridgehead atoms. The van der Waals surface area contributed by atoms with Crippen LogP contribution in [-0.2, 0) is 6.42 Å². The van der Waals surface area contributed by atoms with Crippen LogP contribution in [0.2, 0.25) is 0 Å². The second-order valence-corrected chi connectivity index (χ2v) is 6.85. The van der Waals surface area contributed by atoms with E-state index in [2.05, 4.69) is 27.7 Å².